The van der Waals surface area contributed by atoms with Crippen molar-refractivity contribution in [1.82, 2.24) is 0 Å². The molecule has 114 valence electrons. The van der Waals surface area contributed by atoms with E-state index in [0.29, 0.717) is 10.7 Å². The Balaban J connectivity index is 2.15. The minimum Gasteiger partial charge on any atom is -0.308 e. The monoisotopic (exact) mass is 359 g/mol. The first-order valence-electron chi connectivity index (χ1n) is 5.84. The molecular formula is C13H8Cl3N3O3. The number of nitrogens with one attached hydrogen (secondary N) is 2. The van der Waals surface area contributed by atoms with Crippen LogP contribution in [0.25, 0.3) is 0 Å². The number of rotatable bonds is 3. The van der Waals surface area contributed by atoms with Crippen LogP contribution in [0.1, 0.15) is 0 Å². The maximum atomic E-state index is 11.9. The summed E-state index contributed by atoms with van der Waals surface area (Å²) in [7, 11) is 0. The van der Waals surface area contributed by atoms with Crippen molar-refractivity contribution in [2.24, 2.45) is 0 Å². The van der Waals surface area contributed by atoms with Crippen LogP contribution in [-0.4, -0.2) is 11.0 Å². The predicted molar refractivity (Wildman–Crippen MR) is 87.2 cm³/mol. The molecule has 2 amide bonds. The van der Waals surface area contributed by atoms with E-state index in [2.05, 4.69) is 10.6 Å². The van der Waals surface area contributed by atoms with Gasteiger partial charge in [-0.05, 0) is 30.3 Å². The van der Waals surface area contributed by atoms with E-state index in [9.17, 15) is 14.9 Å². The summed E-state index contributed by atoms with van der Waals surface area (Å²) in [5, 5.41) is 16.6. The summed E-state index contributed by atoms with van der Waals surface area (Å²) in [5.74, 6) is 0. The van der Waals surface area contributed by atoms with Crippen molar-refractivity contribution >= 4 is 57.9 Å². The van der Waals surface area contributed by atoms with Crippen molar-refractivity contribution < 1.29 is 9.72 Å². The predicted octanol–water partition coefficient (Wildman–Crippen LogP) is 5.20. The molecule has 2 N–H and O–H groups in total. The smallest absolute Gasteiger partial charge is 0.308 e. The number of benzene rings is 2. The number of hydrogen-bond acceptors (Lipinski definition) is 3. The lowest BCUT2D eigenvalue weighted by Gasteiger charge is -2.09. The van der Waals surface area contributed by atoms with Gasteiger partial charge in [-0.15, -0.1) is 0 Å². The number of amides is 2. The zero-order chi connectivity index (χ0) is 16.3. The fraction of sp³-hybridized carbons (Fsp3) is 0. The van der Waals surface area contributed by atoms with E-state index in [1.54, 1.807) is 6.07 Å². The highest BCUT2D eigenvalue weighted by molar-refractivity contribution is 6.42. The fourth-order valence-corrected chi connectivity index (χ4v) is 2.08. The number of urea groups is 1. The van der Waals surface area contributed by atoms with Crippen molar-refractivity contribution in [2.45, 2.75) is 0 Å². The second-order valence-electron chi connectivity index (χ2n) is 4.13. The molecule has 2 aromatic carbocycles. The molecule has 9 heteroatoms. The SMILES string of the molecule is O=C(Nc1ccc(Cl)c(Cl)c1)Nc1ccc(Cl)cc1[N+](=O)[O-]. The van der Waals surface area contributed by atoms with Crippen LogP contribution in [0, 0.1) is 10.1 Å². The average Bonchev–Trinajstić information content (AvgIpc) is 2.44. The van der Waals surface area contributed by atoms with Crippen LogP contribution in [0.2, 0.25) is 15.1 Å². The molecule has 0 radical (unpaired) electrons. The lowest BCUT2D eigenvalue weighted by molar-refractivity contribution is -0.383. The summed E-state index contributed by atoms with van der Waals surface area (Å²) >= 11 is 17.3. The molecule has 0 spiro atoms. The Morgan fingerprint density at radius 2 is 1.73 bits per heavy atom. The maximum Gasteiger partial charge on any atom is 0.323 e. The zero-order valence-corrected chi connectivity index (χ0v) is 13.0. The molecule has 0 aliphatic rings. The molecule has 0 heterocycles. The topological polar surface area (TPSA) is 84.3 Å². The van der Waals surface area contributed by atoms with Gasteiger partial charge in [-0.1, -0.05) is 34.8 Å². The van der Waals surface area contributed by atoms with Crippen molar-refractivity contribution in [1.29, 1.82) is 0 Å². The Morgan fingerprint density at radius 3 is 2.36 bits per heavy atom. The number of hydrogen-bond donors (Lipinski definition) is 2. The molecule has 2 aromatic rings. The molecule has 0 saturated carbocycles. The molecule has 0 bridgehead atoms. The number of carbonyl (C=O) groups excluding carboxylic acids is 1. The Kier molecular flexibility index (Phi) is 5.07. The standard InChI is InChI=1S/C13H8Cl3N3O3/c14-7-1-4-11(12(5-7)19(21)22)18-13(20)17-8-2-3-9(15)10(16)6-8/h1-6H,(H2,17,18,20). The summed E-state index contributed by atoms with van der Waals surface area (Å²) < 4.78 is 0. The minimum absolute atomic E-state index is 0.0203. The molecule has 0 unspecified atom stereocenters. The van der Waals surface area contributed by atoms with E-state index in [1.165, 1.54) is 24.3 Å². The van der Waals surface area contributed by atoms with E-state index in [1.807, 2.05) is 0 Å². The zero-order valence-electron chi connectivity index (χ0n) is 10.8. The van der Waals surface area contributed by atoms with Gasteiger partial charge in [0.25, 0.3) is 5.69 Å². The third-order valence-electron chi connectivity index (χ3n) is 2.58. The Bertz CT molecular complexity index is 753. The molecule has 0 saturated heterocycles. The van der Waals surface area contributed by atoms with E-state index >= 15 is 0 Å². The maximum absolute atomic E-state index is 11.9. The number of carbonyl (C=O) groups is 1. The fourth-order valence-electron chi connectivity index (χ4n) is 1.62. The Labute approximate surface area is 140 Å². The van der Waals surface area contributed by atoms with Gasteiger partial charge in [-0.3, -0.25) is 10.1 Å². The van der Waals surface area contributed by atoms with E-state index in [4.69, 9.17) is 34.8 Å². The lowest BCUT2D eigenvalue weighted by Crippen LogP contribution is -2.20. The van der Waals surface area contributed by atoms with Crippen LogP contribution in [0.5, 0.6) is 0 Å². The van der Waals surface area contributed by atoms with Crippen LogP contribution in [0.4, 0.5) is 21.9 Å². The Hall–Kier alpha value is -2.02. The van der Waals surface area contributed by atoms with Crippen molar-refractivity contribution in [3.63, 3.8) is 0 Å². The van der Waals surface area contributed by atoms with E-state index in [-0.39, 0.29) is 21.4 Å². The van der Waals surface area contributed by atoms with Gasteiger partial charge in [-0.25, -0.2) is 4.79 Å². The molecule has 6 nitrogen and oxygen atoms in total. The number of nitro benzene ring substituents is 1. The van der Waals surface area contributed by atoms with Crippen LogP contribution in [0.15, 0.2) is 36.4 Å². The number of halogens is 3. The highest BCUT2D eigenvalue weighted by Gasteiger charge is 2.16. The minimum atomic E-state index is -0.663. The second-order valence-corrected chi connectivity index (χ2v) is 5.38. The normalized spacial score (nSPS) is 10.1. The molecule has 22 heavy (non-hydrogen) atoms. The van der Waals surface area contributed by atoms with Gasteiger partial charge in [0.2, 0.25) is 0 Å². The summed E-state index contributed by atoms with van der Waals surface area (Å²) in [5.41, 5.74) is 0.104. The summed E-state index contributed by atoms with van der Waals surface area (Å²) in [6, 6.07) is 7.78. The molecule has 0 aromatic heterocycles. The molecule has 2 rings (SSSR count). The molecule has 0 atom stereocenters. The van der Waals surface area contributed by atoms with Gasteiger partial charge in [0.15, 0.2) is 0 Å². The van der Waals surface area contributed by atoms with Gasteiger partial charge in [0.05, 0.1) is 15.0 Å². The first-order chi connectivity index (χ1) is 10.4. The Morgan fingerprint density at radius 1 is 1.00 bits per heavy atom. The first kappa shape index (κ1) is 16.4. The van der Waals surface area contributed by atoms with Crippen molar-refractivity contribution in [2.75, 3.05) is 10.6 Å². The number of nitrogens with zero attached hydrogens (tertiary/aromatic N) is 1. The largest absolute Gasteiger partial charge is 0.323 e. The average molecular weight is 361 g/mol. The molecule has 0 aliphatic carbocycles. The summed E-state index contributed by atoms with van der Waals surface area (Å²) in [6.45, 7) is 0. The van der Waals surface area contributed by atoms with Crippen molar-refractivity contribution in [3.8, 4) is 0 Å². The second kappa shape index (κ2) is 6.83. The highest BCUT2D eigenvalue weighted by atomic mass is 35.5. The molecule has 0 fully saturated rings. The van der Waals surface area contributed by atoms with Gasteiger partial charge in [-0.2, -0.15) is 0 Å². The molecular weight excluding hydrogens is 353 g/mol. The summed E-state index contributed by atoms with van der Waals surface area (Å²) in [6.07, 6.45) is 0. The third-order valence-corrected chi connectivity index (χ3v) is 3.56. The van der Waals surface area contributed by atoms with Gasteiger partial charge in [0, 0.05) is 16.8 Å². The van der Waals surface area contributed by atoms with Gasteiger partial charge in [0.1, 0.15) is 5.69 Å². The van der Waals surface area contributed by atoms with Crippen LogP contribution >= 0.6 is 34.8 Å². The quantitative estimate of drug-likeness (QED) is 0.583. The number of anilines is 2. The van der Waals surface area contributed by atoms with E-state index < -0.39 is 11.0 Å². The van der Waals surface area contributed by atoms with Crippen molar-refractivity contribution in [3.05, 3.63) is 61.6 Å². The molecule has 0 aliphatic heterocycles. The number of nitro groups is 1. The van der Waals surface area contributed by atoms with Gasteiger partial charge >= 0.3 is 6.03 Å². The van der Waals surface area contributed by atoms with Crippen LogP contribution in [-0.2, 0) is 0 Å². The first-order valence-corrected chi connectivity index (χ1v) is 6.97. The highest BCUT2D eigenvalue weighted by Crippen LogP contribution is 2.28. The third kappa shape index (κ3) is 4.00. The van der Waals surface area contributed by atoms with Crippen LogP contribution < -0.4 is 10.6 Å². The van der Waals surface area contributed by atoms with E-state index in [0.717, 1.165) is 6.07 Å². The van der Waals surface area contributed by atoms with Crippen LogP contribution in [0.3, 0.4) is 0 Å². The van der Waals surface area contributed by atoms with Gasteiger partial charge < -0.3 is 10.6 Å². The summed E-state index contributed by atoms with van der Waals surface area (Å²) in [4.78, 5) is 22.2. The lowest BCUT2D eigenvalue weighted by atomic mass is 10.2.